The highest BCUT2D eigenvalue weighted by molar-refractivity contribution is 7.89. The minimum absolute atomic E-state index is 0.131. The molecule has 214 valence electrons. The van der Waals surface area contributed by atoms with E-state index in [9.17, 15) is 23.3 Å². The molecule has 1 saturated heterocycles. The van der Waals surface area contributed by atoms with E-state index in [2.05, 4.69) is 5.32 Å². The minimum Gasteiger partial charge on any atom is -0.363 e. The van der Waals surface area contributed by atoms with E-state index < -0.39 is 14.9 Å². The Balaban J connectivity index is 1.06. The van der Waals surface area contributed by atoms with Crippen molar-refractivity contribution in [2.24, 2.45) is 17.8 Å². The van der Waals surface area contributed by atoms with Gasteiger partial charge in [0.05, 0.1) is 9.82 Å². The fraction of sp³-hybridized carbons (Fsp3) is 0.452. The fourth-order valence-electron chi connectivity index (χ4n) is 8.30. The van der Waals surface area contributed by atoms with Crippen LogP contribution in [-0.4, -0.2) is 55.3 Å². The van der Waals surface area contributed by atoms with Crippen molar-refractivity contribution in [2.45, 2.75) is 49.0 Å². The van der Waals surface area contributed by atoms with Crippen LogP contribution in [0.15, 0.2) is 65.6 Å². The maximum Gasteiger partial charge on any atom is 0.293 e. The van der Waals surface area contributed by atoms with E-state index in [1.165, 1.54) is 29.6 Å². The summed E-state index contributed by atoms with van der Waals surface area (Å²) in [5, 5.41) is 17.2. The second-order valence-electron chi connectivity index (χ2n) is 12.5. The average Bonchev–Trinajstić information content (AvgIpc) is 2.95. The summed E-state index contributed by atoms with van der Waals surface area (Å²) >= 11 is 0. The van der Waals surface area contributed by atoms with Crippen LogP contribution in [0.5, 0.6) is 0 Å². The maximum absolute atomic E-state index is 13.4. The topological polar surface area (TPSA) is 113 Å². The van der Waals surface area contributed by atoms with Crippen molar-refractivity contribution >= 4 is 38.1 Å². The van der Waals surface area contributed by atoms with E-state index in [1.54, 1.807) is 24.3 Å². The molecule has 4 bridgehead atoms. The lowest BCUT2D eigenvalue weighted by Gasteiger charge is -2.56. The summed E-state index contributed by atoms with van der Waals surface area (Å²) < 4.78 is 28.2. The summed E-state index contributed by atoms with van der Waals surface area (Å²) in [5.41, 5.74) is 0.401. The van der Waals surface area contributed by atoms with Crippen molar-refractivity contribution in [3.8, 4) is 0 Å². The number of anilines is 1. The van der Waals surface area contributed by atoms with Crippen LogP contribution < -0.4 is 10.2 Å². The molecule has 9 nitrogen and oxygen atoms in total. The highest BCUT2D eigenvalue weighted by Crippen LogP contribution is 2.55. The van der Waals surface area contributed by atoms with Crippen molar-refractivity contribution in [1.29, 1.82) is 0 Å². The lowest BCUT2D eigenvalue weighted by Crippen LogP contribution is -2.59. The van der Waals surface area contributed by atoms with Gasteiger partial charge in [-0.1, -0.05) is 30.3 Å². The van der Waals surface area contributed by atoms with Crippen molar-refractivity contribution in [2.75, 3.05) is 31.1 Å². The van der Waals surface area contributed by atoms with Crippen LogP contribution in [0.3, 0.4) is 0 Å². The number of hydrogen-bond donors (Lipinski definition) is 1. The zero-order valence-corrected chi connectivity index (χ0v) is 23.7. The summed E-state index contributed by atoms with van der Waals surface area (Å²) in [6.07, 6.45) is 6.84. The largest absolute Gasteiger partial charge is 0.363 e. The Labute approximate surface area is 239 Å². The molecule has 1 amide bonds. The summed E-state index contributed by atoms with van der Waals surface area (Å²) in [7, 11) is -3.71. The second kappa shape index (κ2) is 9.80. The molecule has 5 fully saturated rings. The van der Waals surface area contributed by atoms with Gasteiger partial charge in [-0.25, -0.2) is 8.42 Å². The molecule has 1 N–H and O–H groups in total. The van der Waals surface area contributed by atoms with Gasteiger partial charge in [0.2, 0.25) is 10.0 Å². The van der Waals surface area contributed by atoms with E-state index >= 15 is 0 Å². The third-order valence-corrected chi connectivity index (χ3v) is 11.7. The Hall–Kier alpha value is -3.50. The van der Waals surface area contributed by atoms with E-state index in [-0.39, 0.29) is 35.1 Å². The predicted molar refractivity (Wildman–Crippen MR) is 156 cm³/mol. The van der Waals surface area contributed by atoms with Crippen molar-refractivity contribution < 1.29 is 18.1 Å². The Morgan fingerprint density at radius 3 is 2.12 bits per heavy atom. The van der Waals surface area contributed by atoms with E-state index in [1.807, 2.05) is 35.2 Å². The molecule has 10 heteroatoms. The van der Waals surface area contributed by atoms with Crippen molar-refractivity contribution in [1.82, 2.24) is 9.62 Å². The predicted octanol–water partition coefficient (Wildman–Crippen LogP) is 4.96. The summed E-state index contributed by atoms with van der Waals surface area (Å²) in [6.45, 7) is 1.04. The summed E-state index contributed by atoms with van der Waals surface area (Å²) in [4.78, 5) is 27.1. The molecule has 4 aliphatic carbocycles. The number of sulfonamides is 1. The van der Waals surface area contributed by atoms with Crippen molar-refractivity contribution in [3.63, 3.8) is 0 Å². The molecule has 1 heterocycles. The van der Waals surface area contributed by atoms with Crippen LogP contribution in [0.2, 0.25) is 0 Å². The number of nitro groups is 1. The van der Waals surface area contributed by atoms with Gasteiger partial charge in [-0.2, -0.15) is 4.31 Å². The molecule has 41 heavy (non-hydrogen) atoms. The van der Waals surface area contributed by atoms with Crippen LogP contribution in [0.4, 0.5) is 11.4 Å². The lowest BCUT2D eigenvalue weighted by atomic mass is 9.53. The molecule has 0 radical (unpaired) electrons. The fourth-order valence-corrected chi connectivity index (χ4v) is 9.76. The number of fused-ring (bicyclic) bond motifs is 1. The molecule has 5 aliphatic rings. The Kier molecular flexibility index (Phi) is 6.31. The first kappa shape index (κ1) is 26.4. The van der Waals surface area contributed by atoms with Crippen molar-refractivity contribution in [3.05, 3.63) is 76.3 Å². The number of piperazine rings is 1. The SMILES string of the molecule is O=C(NC12CC3CC(CC(C3)C1)C2)c1ccc(N2CCN(S(=O)(=O)c3ccc4ccccc4c3)CC2)c([N+](=O)[O-])c1. The first-order valence-electron chi connectivity index (χ1n) is 14.5. The third-order valence-electron chi connectivity index (χ3n) is 9.79. The molecule has 1 aliphatic heterocycles. The van der Waals surface area contributed by atoms with Gasteiger partial charge in [-0.3, -0.25) is 14.9 Å². The Morgan fingerprint density at radius 1 is 0.854 bits per heavy atom. The zero-order chi connectivity index (χ0) is 28.4. The van der Waals surface area contributed by atoms with Crippen LogP contribution in [-0.2, 0) is 10.0 Å². The normalized spacial score (nSPS) is 27.7. The Bertz CT molecular complexity index is 1610. The van der Waals surface area contributed by atoms with Gasteiger partial charge in [-0.15, -0.1) is 0 Å². The molecule has 0 unspecified atom stereocenters. The average molecular weight is 575 g/mol. The molecule has 0 atom stereocenters. The number of nitrogens with one attached hydrogen (secondary N) is 1. The number of hydrogen-bond acceptors (Lipinski definition) is 6. The highest BCUT2D eigenvalue weighted by atomic mass is 32.2. The molecule has 4 saturated carbocycles. The van der Waals surface area contributed by atoms with Crippen LogP contribution >= 0.6 is 0 Å². The smallest absolute Gasteiger partial charge is 0.293 e. The molecule has 8 rings (SSSR count). The quantitative estimate of drug-likeness (QED) is 0.329. The summed E-state index contributed by atoms with van der Waals surface area (Å²) in [6, 6.07) is 17.4. The van der Waals surface area contributed by atoms with Gasteiger partial charge in [-0.05, 0) is 91.3 Å². The van der Waals surface area contributed by atoms with E-state index in [4.69, 9.17) is 0 Å². The first-order valence-corrected chi connectivity index (χ1v) is 16.0. The maximum atomic E-state index is 13.4. The van der Waals surface area contributed by atoms with Crippen LogP contribution in [0, 0.1) is 27.9 Å². The highest BCUT2D eigenvalue weighted by Gasteiger charge is 2.51. The molecule has 3 aromatic carbocycles. The van der Waals surface area contributed by atoms with E-state index in [0.717, 1.165) is 30.0 Å². The monoisotopic (exact) mass is 574 g/mol. The number of benzene rings is 3. The number of amides is 1. The van der Waals surface area contributed by atoms with Gasteiger partial charge in [0.25, 0.3) is 11.6 Å². The molecule has 0 spiro atoms. The number of rotatable bonds is 6. The van der Waals surface area contributed by atoms with Gasteiger partial charge in [0.1, 0.15) is 5.69 Å². The number of carbonyl (C=O) groups excluding carboxylic acids is 1. The molecular formula is C31H34N4O5S. The number of nitro benzene ring substituents is 1. The van der Waals surface area contributed by atoms with Gasteiger partial charge in [0.15, 0.2) is 0 Å². The standard InChI is InChI=1S/C31H34N4O5S/c36-30(32-31-18-21-13-22(19-31)15-23(14-21)20-31)26-6-8-28(29(17-26)35(37)38)33-9-11-34(12-10-33)41(39,40)27-7-5-24-3-1-2-4-25(24)16-27/h1-8,16-17,21-23H,9-15,18-20H2,(H,32,36). The van der Waals surface area contributed by atoms with Gasteiger partial charge < -0.3 is 10.2 Å². The second-order valence-corrected chi connectivity index (χ2v) is 14.5. The third kappa shape index (κ3) is 4.76. The lowest BCUT2D eigenvalue weighted by molar-refractivity contribution is -0.384. The zero-order valence-electron chi connectivity index (χ0n) is 22.9. The number of nitrogens with zero attached hydrogens (tertiary/aromatic N) is 3. The first-order chi connectivity index (χ1) is 19.7. The molecule has 0 aromatic heterocycles. The molecular weight excluding hydrogens is 540 g/mol. The van der Waals surface area contributed by atoms with Gasteiger partial charge >= 0.3 is 0 Å². The van der Waals surface area contributed by atoms with Crippen LogP contribution in [0.25, 0.3) is 10.8 Å². The number of carbonyl (C=O) groups is 1. The van der Waals surface area contributed by atoms with Gasteiger partial charge in [0, 0.05) is 43.3 Å². The van der Waals surface area contributed by atoms with Crippen LogP contribution in [0.1, 0.15) is 48.9 Å². The molecule has 3 aromatic rings. The van der Waals surface area contributed by atoms with E-state index in [0.29, 0.717) is 42.1 Å². The Morgan fingerprint density at radius 2 is 1.49 bits per heavy atom. The minimum atomic E-state index is -3.71. The summed E-state index contributed by atoms with van der Waals surface area (Å²) in [5.74, 6) is 1.80.